The van der Waals surface area contributed by atoms with Gasteiger partial charge in [-0.1, -0.05) is 6.92 Å². The average molecular weight is 355 g/mol. The Bertz CT molecular complexity index is 689. The minimum absolute atomic E-state index is 0.0247. The van der Waals surface area contributed by atoms with Crippen LogP contribution in [0.15, 0.2) is 30.5 Å². The van der Waals surface area contributed by atoms with Crippen molar-refractivity contribution in [1.82, 2.24) is 9.97 Å². The molecule has 5 nitrogen and oxygen atoms in total. The fourth-order valence-corrected chi connectivity index (χ4v) is 1.95. The van der Waals surface area contributed by atoms with E-state index in [1.54, 1.807) is 31.2 Å². The predicted octanol–water partition coefficient (Wildman–Crippen LogP) is 4.82. The van der Waals surface area contributed by atoms with Crippen molar-refractivity contribution >= 4 is 11.6 Å². The Morgan fingerprint density at radius 1 is 1.16 bits per heavy atom. The van der Waals surface area contributed by atoms with Gasteiger partial charge in [0, 0.05) is 11.9 Å². The predicted molar refractivity (Wildman–Crippen MR) is 88.3 cm³/mol. The Morgan fingerprint density at radius 2 is 1.84 bits per heavy atom. The highest BCUT2D eigenvalue weighted by Crippen LogP contribution is 2.35. The number of hydrogen-bond donors (Lipinski definition) is 1. The lowest BCUT2D eigenvalue weighted by molar-refractivity contribution is -0.139. The van der Waals surface area contributed by atoms with E-state index >= 15 is 0 Å². The Kier molecular flexibility index (Phi) is 6.06. The summed E-state index contributed by atoms with van der Waals surface area (Å²) < 4.78 is 49.6. The first-order valence-corrected chi connectivity index (χ1v) is 7.90. The molecule has 1 N–H and O–H groups in total. The summed E-state index contributed by atoms with van der Waals surface area (Å²) in [5, 5.41) is 2.85. The molecule has 8 heteroatoms. The van der Waals surface area contributed by atoms with Gasteiger partial charge in [-0.15, -0.1) is 0 Å². The van der Waals surface area contributed by atoms with Crippen LogP contribution in [0.2, 0.25) is 0 Å². The van der Waals surface area contributed by atoms with Gasteiger partial charge >= 0.3 is 6.18 Å². The molecule has 0 spiro atoms. The quantitative estimate of drug-likeness (QED) is 0.772. The molecule has 0 fully saturated rings. The van der Waals surface area contributed by atoms with Crippen LogP contribution in [0.1, 0.15) is 32.8 Å². The maximum atomic E-state index is 13.0. The van der Waals surface area contributed by atoms with E-state index in [-0.39, 0.29) is 18.7 Å². The Labute approximate surface area is 144 Å². The lowest BCUT2D eigenvalue weighted by Gasteiger charge is -2.14. The summed E-state index contributed by atoms with van der Waals surface area (Å²) in [5.41, 5.74) is -0.371. The molecule has 0 aliphatic heterocycles. The molecular formula is C17H20F3N3O2. The molecule has 0 atom stereocenters. The molecule has 2 aromatic rings. The van der Waals surface area contributed by atoms with Crippen LogP contribution in [-0.4, -0.2) is 22.7 Å². The van der Waals surface area contributed by atoms with Crippen molar-refractivity contribution in [3.05, 3.63) is 36.0 Å². The summed E-state index contributed by atoms with van der Waals surface area (Å²) in [4.78, 5) is 7.57. The monoisotopic (exact) mass is 355 g/mol. The molecule has 0 saturated carbocycles. The Morgan fingerprint density at radius 3 is 2.40 bits per heavy atom. The van der Waals surface area contributed by atoms with Crippen molar-refractivity contribution < 1.29 is 22.6 Å². The zero-order chi connectivity index (χ0) is 18.4. The maximum absolute atomic E-state index is 13.0. The van der Waals surface area contributed by atoms with Crippen molar-refractivity contribution in [2.45, 2.75) is 39.5 Å². The molecule has 0 bridgehead atoms. The molecule has 0 saturated heterocycles. The lowest BCUT2D eigenvalue weighted by Crippen LogP contribution is -2.12. The number of halogens is 3. The first-order valence-electron chi connectivity index (χ1n) is 7.90. The van der Waals surface area contributed by atoms with Crippen LogP contribution >= 0.6 is 0 Å². The van der Waals surface area contributed by atoms with Crippen molar-refractivity contribution in [2.75, 3.05) is 11.9 Å². The number of rotatable bonds is 7. The number of nitrogens with one attached hydrogen (secondary N) is 1. The van der Waals surface area contributed by atoms with Gasteiger partial charge in [-0.05, 0) is 44.5 Å². The van der Waals surface area contributed by atoms with Gasteiger partial charge in [-0.3, -0.25) is 0 Å². The SMILES string of the molecule is CCCOc1nc(Nc2ccc(OC(C)C)cc2)ncc1C(F)(F)F. The Hall–Kier alpha value is -2.51. The van der Waals surface area contributed by atoms with Crippen molar-refractivity contribution in [3.63, 3.8) is 0 Å². The number of ether oxygens (including phenoxy) is 2. The van der Waals surface area contributed by atoms with Gasteiger partial charge in [0.05, 0.1) is 12.7 Å². The summed E-state index contributed by atoms with van der Waals surface area (Å²) in [7, 11) is 0. The van der Waals surface area contributed by atoms with E-state index in [0.717, 1.165) is 6.20 Å². The van der Waals surface area contributed by atoms with E-state index in [1.165, 1.54) is 0 Å². The second kappa shape index (κ2) is 8.04. The third-order valence-electron chi connectivity index (χ3n) is 2.98. The molecule has 0 unspecified atom stereocenters. The van der Waals surface area contributed by atoms with Crippen LogP contribution in [0, 0.1) is 0 Å². The summed E-state index contributed by atoms with van der Waals surface area (Å²) >= 11 is 0. The number of aromatic nitrogens is 2. The lowest BCUT2D eigenvalue weighted by atomic mass is 10.3. The zero-order valence-electron chi connectivity index (χ0n) is 14.2. The smallest absolute Gasteiger partial charge is 0.423 e. The van der Waals surface area contributed by atoms with E-state index in [1.807, 2.05) is 13.8 Å². The van der Waals surface area contributed by atoms with E-state index in [0.29, 0.717) is 17.9 Å². The van der Waals surface area contributed by atoms with Crippen LogP contribution in [0.4, 0.5) is 24.8 Å². The summed E-state index contributed by atoms with van der Waals surface area (Å²) in [6.07, 6.45) is -3.23. The third kappa shape index (κ3) is 5.51. The molecule has 0 aliphatic carbocycles. The zero-order valence-corrected chi connectivity index (χ0v) is 14.2. The number of nitrogens with zero attached hydrogens (tertiary/aromatic N) is 2. The highest BCUT2D eigenvalue weighted by atomic mass is 19.4. The molecule has 2 rings (SSSR count). The van der Waals surface area contributed by atoms with Crippen molar-refractivity contribution in [2.24, 2.45) is 0 Å². The van der Waals surface area contributed by atoms with E-state index in [2.05, 4.69) is 15.3 Å². The minimum atomic E-state index is -4.57. The highest BCUT2D eigenvalue weighted by molar-refractivity contribution is 5.55. The molecule has 136 valence electrons. The summed E-state index contributed by atoms with van der Waals surface area (Å²) in [6.45, 7) is 5.77. The van der Waals surface area contributed by atoms with E-state index in [9.17, 15) is 13.2 Å². The van der Waals surface area contributed by atoms with E-state index < -0.39 is 17.6 Å². The molecule has 0 amide bonds. The summed E-state index contributed by atoms with van der Waals surface area (Å²) in [6, 6.07) is 6.96. The fraction of sp³-hybridized carbons (Fsp3) is 0.412. The number of hydrogen-bond acceptors (Lipinski definition) is 5. The highest BCUT2D eigenvalue weighted by Gasteiger charge is 2.36. The van der Waals surface area contributed by atoms with Crippen LogP contribution in [0.25, 0.3) is 0 Å². The standard InChI is InChI=1S/C17H20F3N3O2/c1-4-9-24-15-14(17(18,19)20)10-21-16(23-15)22-12-5-7-13(8-6-12)25-11(2)3/h5-8,10-11H,4,9H2,1-3H3,(H,21,22,23). The molecular weight excluding hydrogens is 335 g/mol. The largest absolute Gasteiger partial charge is 0.491 e. The third-order valence-corrected chi connectivity index (χ3v) is 2.98. The van der Waals surface area contributed by atoms with Gasteiger partial charge in [-0.2, -0.15) is 18.2 Å². The molecule has 0 radical (unpaired) electrons. The van der Waals surface area contributed by atoms with Crippen LogP contribution < -0.4 is 14.8 Å². The van der Waals surface area contributed by atoms with Crippen molar-refractivity contribution in [3.8, 4) is 11.6 Å². The van der Waals surface area contributed by atoms with Crippen molar-refractivity contribution in [1.29, 1.82) is 0 Å². The second-order valence-corrected chi connectivity index (χ2v) is 5.57. The number of benzene rings is 1. The normalized spacial score (nSPS) is 11.5. The topological polar surface area (TPSA) is 56.3 Å². The number of anilines is 2. The average Bonchev–Trinajstić information content (AvgIpc) is 2.53. The summed E-state index contributed by atoms with van der Waals surface area (Å²) in [5.74, 6) is 0.240. The van der Waals surface area contributed by atoms with Gasteiger partial charge in [0.1, 0.15) is 11.3 Å². The minimum Gasteiger partial charge on any atom is -0.491 e. The van der Waals surface area contributed by atoms with Gasteiger partial charge in [-0.25, -0.2) is 4.98 Å². The van der Waals surface area contributed by atoms with Crippen LogP contribution in [-0.2, 0) is 6.18 Å². The molecule has 1 heterocycles. The maximum Gasteiger partial charge on any atom is 0.423 e. The van der Waals surface area contributed by atoms with Gasteiger partial charge in [0.25, 0.3) is 0 Å². The van der Waals surface area contributed by atoms with E-state index in [4.69, 9.17) is 9.47 Å². The first kappa shape index (κ1) is 18.8. The molecule has 25 heavy (non-hydrogen) atoms. The van der Waals surface area contributed by atoms with Crippen LogP contribution in [0.5, 0.6) is 11.6 Å². The molecule has 0 aliphatic rings. The Balaban J connectivity index is 2.18. The van der Waals surface area contributed by atoms with Gasteiger partial charge in [0.15, 0.2) is 0 Å². The first-order chi connectivity index (χ1) is 11.8. The fourth-order valence-electron chi connectivity index (χ4n) is 1.95. The van der Waals surface area contributed by atoms with Crippen LogP contribution in [0.3, 0.4) is 0 Å². The second-order valence-electron chi connectivity index (χ2n) is 5.57. The van der Waals surface area contributed by atoms with Gasteiger partial charge < -0.3 is 14.8 Å². The molecule has 1 aromatic heterocycles. The molecule has 1 aromatic carbocycles. The number of alkyl halides is 3. The van der Waals surface area contributed by atoms with Gasteiger partial charge in [0.2, 0.25) is 11.8 Å².